The molecule has 0 bridgehead atoms. The Kier molecular flexibility index (Phi) is 8.40. The zero-order valence-corrected chi connectivity index (χ0v) is 24.7. The van der Waals surface area contributed by atoms with Crippen molar-refractivity contribution in [3.05, 3.63) is 65.0 Å². The molecule has 4 heterocycles. The van der Waals surface area contributed by atoms with Crippen molar-refractivity contribution in [3.8, 4) is 17.1 Å². The van der Waals surface area contributed by atoms with Gasteiger partial charge < -0.3 is 24.3 Å². The van der Waals surface area contributed by atoms with Gasteiger partial charge in [0.2, 0.25) is 6.54 Å². The molecule has 9 nitrogen and oxygen atoms in total. The highest BCUT2D eigenvalue weighted by Gasteiger charge is 2.36. The Hall–Kier alpha value is -4.24. The van der Waals surface area contributed by atoms with Gasteiger partial charge in [-0.05, 0) is 69.3 Å². The Labute approximate surface area is 254 Å². The normalized spacial score (nSPS) is 20.4. The molecule has 1 amide bonds. The van der Waals surface area contributed by atoms with Crippen molar-refractivity contribution in [3.63, 3.8) is 0 Å². The van der Waals surface area contributed by atoms with Crippen LogP contribution in [-0.2, 0) is 17.6 Å². The smallest absolute Gasteiger partial charge is 0.319 e. The lowest BCUT2D eigenvalue weighted by molar-refractivity contribution is -0.131. The molecule has 0 radical (unpaired) electrons. The predicted molar refractivity (Wildman–Crippen MR) is 160 cm³/mol. The van der Waals surface area contributed by atoms with Crippen LogP contribution in [0.15, 0.2) is 30.9 Å². The molecule has 0 N–H and O–H groups in total. The van der Waals surface area contributed by atoms with Gasteiger partial charge in [-0.25, -0.2) is 19.7 Å². The third kappa shape index (κ3) is 5.56. The maximum atomic E-state index is 16.6. The van der Waals surface area contributed by atoms with E-state index in [2.05, 4.69) is 31.3 Å². The minimum atomic E-state index is -1.11. The van der Waals surface area contributed by atoms with E-state index in [0.717, 1.165) is 49.8 Å². The molecule has 2 aromatic heterocycles. The number of aromatic nitrogens is 3. The Morgan fingerprint density at radius 3 is 2.70 bits per heavy atom. The number of hydrogen-bond acceptors (Lipinski definition) is 7. The molecule has 3 aliphatic rings. The van der Waals surface area contributed by atoms with Crippen molar-refractivity contribution in [1.82, 2.24) is 24.8 Å². The van der Waals surface area contributed by atoms with Crippen LogP contribution in [0.2, 0.25) is 0 Å². The van der Waals surface area contributed by atoms with E-state index >= 15 is 8.78 Å². The number of aryl methyl sites for hydroxylation is 1. The lowest BCUT2D eigenvalue weighted by Crippen LogP contribution is -2.56. The van der Waals surface area contributed by atoms with E-state index in [1.807, 2.05) is 7.05 Å². The number of anilines is 1. The van der Waals surface area contributed by atoms with Crippen molar-refractivity contribution in [2.24, 2.45) is 0 Å². The number of carbonyl (C=O) groups excluding carboxylic acids is 1. The summed E-state index contributed by atoms with van der Waals surface area (Å²) in [5.41, 5.74) is 2.04. The SMILES string of the molecule is [C-]#[N+]C[C@H]1CN(c2nc(OC[C@@H]3CCCN3C)nc3c(F)c(-c4cncc5c4CCCC5)c(F)cc23)CCN1C(=O)C(=C)F. The van der Waals surface area contributed by atoms with Crippen LogP contribution in [0.3, 0.4) is 0 Å². The molecule has 2 aliphatic heterocycles. The Balaban J connectivity index is 1.45. The summed E-state index contributed by atoms with van der Waals surface area (Å²) in [5, 5.41) is 0.142. The zero-order chi connectivity index (χ0) is 31.0. The lowest BCUT2D eigenvalue weighted by Gasteiger charge is -2.39. The first-order valence-electron chi connectivity index (χ1n) is 15.0. The number of fused-ring (bicyclic) bond motifs is 2. The van der Waals surface area contributed by atoms with Crippen LogP contribution < -0.4 is 9.64 Å². The third-order valence-electron chi connectivity index (χ3n) is 9.03. The van der Waals surface area contributed by atoms with Gasteiger partial charge in [-0.3, -0.25) is 9.78 Å². The Bertz CT molecular complexity index is 1660. The molecular weight excluding hydrogens is 571 g/mol. The second-order valence-electron chi connectivity index (χ2n) is 11.7. The molecule has 2 fully saturated rings. The van der Waals surface area contributed by atoms with Crippen LogP contribution in [0.5, 0.6) is 6.01 Å². The number of benzene rings is 1. The van der Waals surface area contributed by atoms with E-state index in [1.54, 1.807) is 11.1 Å². The van der Waals surface area contributed by atoms with Crippen LogP contribution in [0, 0.1) is 18.2 Å². The van der Waals surface area contributed by atoms with E-state index in [1.165, 1.54) is 17.2 Å². The largest absolute Gasteiger partial charge is 0.462 e. The van der Waals surface area contributed by atoms with Crippen molar-refractivity contribution in [1.29, 1.82) is 0 Å². The standard InChI is InChI=1S/C32H34F3N7O2/c1-19(33)31(43)42-12-11-41(17-22(42)15-36-2)30-24-13-26(34)27(25-16-37-14-20-7-4-5-9-23(20)25)28(35)29(24)38-32(39-30)44-18-21-8-6-10-40(21)3/h13-14,16,21-22H,1,4-12,15,17-18H2,3H3/t21-,22-/m0/s1. The summed E-state index contributed by atoms with van der Waals surface area (Å²) in [7, 11) is 2.02. The van der Waals surface area contributed by atoms with Crippen molar-refractivity contribution < 1.29 is 22.7 Å². The number of piperazine rings is 1. The van der Waals surface area contributed by atoms with Crippen LogP contribution >= 0.6 is 0 Å². The second-order valence-corrected chi connectivity index (χ2v) is 11.7. The minimum Gasteiger partial charge on any atom is -0.462 e. The summed E-state index contributed by atoms with van der Waals surface area (Å²) in [6.07, 6.45) is 8.71. The summed E-state index contributed by atoms with van der Waals surface area (Å²) < 4.78 is 52.4. The number of halogens is 3. The molecule has 1 aromatic carbocycles. The van der Waals surface area contributed by atoms with Crippen molar-refractivity contribution >= 4 is 22.6 Å². The van der Waals surface area contributed by atoms with Gasteiger partial charge in [0.05, 0.1) is 5.56 Å². The van der Waals surface area contributed by atoms with Gasteiger partial charge in [-0.1, -0.05) is 6.58 Å². The lowest BCUT2D eigenvalue weighted by atomic mass is 9.87. The number of likely N-dealkylation sites (tertiary alicyclic amines) is 1. The van der Waals surface area contributed by atoms with Crippen LogP contribution in [0.25, 0.3) is 26.9 Å². The molecule has 0 saturated carbocycles. The fourth-order valence-electron chi connectivity index (χ4n) is 6.68. The van der Waals surface area contributed by atoms with E-state index < -0.39 is 29.4 Å². The molecular formula is C32H34F3N7O2. The highest BCUT2D eigenvalue weighted by Crippen LogP contribution is 2.39. The maximum absolute atomic E-state index is 16.6. The van der Waals surface area contributed by atoms with Crippen LogP contribution in [0.4, 0.5) is 19.0 Å². The van der Waals surface area contributed by atoms with Gasteiger partial charge >= 0.3 is 6.01 Å². The van der Waals surface area contributed by atoms with Crippen LogP contribution in [0.1, 0.15) is 36.8 Å². The van der Waals surface area contributed by atoms with E-state index in [0.29, 0.717) is 18.6 Å². The van der Waals surface area contributed by atoms with Crippen molar-refractivity contribution in [2.75, 3.05) is 51.3 Å². The van der Waals surface area contributed by atoms with Crippen LogP contribution in [-0.4, -0.2) is 89.1 Å². The topological polar surface area (TPSA) is 79.1 Å². The number of likely N-dealkylation sites (N-methyl/N-ethyl adjacent to an activating group) is 1. The van der Waals surface area contributed by atoms with Gasteiger partial charge in [0.15, 0.2) is 11.6 Å². The molecule has 0 unspecified atom stereocenters. The first kappa shape index (κ1) is 29.8. The number of pyridine rings is 1. The second kappa shape index (κ2) is 12.4. The highest BCUT2D eigenvalue weighted by atomic mass is 19.1. The van der Waals surface area contributed by atoms with Crippen molar-refractivity contribution in [2.45, 2.75) is 50.6 Å². The predicted octanol–water partition coefficient (Wildman–Crippen LogP) is 4.74. The number of ether oxygens (including phenoxy) is 1. The summed E-state index contributed by atoms with van der Waals surface area (Å²) >= 11 is 0. The van der Waals surface area contributed by atoms with Gasteiger partial charge in [-0.15, -0.1) is 0 Å². The van der Waals surface area contributed by atoms with E-state index in [-0.39, 0.29) is 60.5 Å². The molecule has 0 spiro atoms. The Morgan fingerprint density at radius 2 is 1.95 bits per heavy atom. The summed E-state index contributed by atoms with van der Waals surface area (Å²) in [4.78, 5) is 34.5. The highest BCUT2D eigenvalue weighted by molar-refractivity contribution is 5.95. The van der Waals surface area contributed by atoms with E-state index in [9.17, 15) is 9.18 Å². The summed E-state index contributed by atoms with van der Waals surface area (Å²) in [5.74, 6) is -3.35. The van der Waals surface area contributed by atoms with E-state index in [4.69, 9.17) is 11.3 Å². The van der Waals surface area contributed by atoms with Gasteiger partial charge in [0, 0.05) is 49.0 Å². The average molecular weight is 606 g/mol. The fourth-order valence-corrected chi connectivity index (χ4v) is 6.68. The minimum absolute atomic E-state index is 0.0464. The number of hydrogen-bond donors (Lipinski definition) is 0. The van der Waals surface area contributed by atoms with Gasteiger partial charge in [-0.2, -0.15) is 9.97 Å². The summed E-state index contributed by atoms with van der Waals surface area (Å²) in [6, 6.07) is 0.665. The molecule has 1 aliphatic carbocycles. The third-order valence-corrected chi connectivity index (χ3v) is 9.03. The number of amides is 1. The Morgan fingerprint density at radius 1 is 1.14 bits per heavy atom. The molecule has 230 valence electrons. The molecule has 44 heavy (non-hydrogen) atoms. The fraction of sp³-hybridized carbons (Fsp3) is 0.469. The average Bonchev–Trinajstić information content (AvgIpc) is 3.44. The molecule has 2 saturated heterocycles. The quantitative estimate of drug-likeness (QED) is 0.284. The van der Waals surface area contributed by atoms with Gasteiger partial charge in [0.25, 0.3) is 5.91 Å². The maximum Gasteiger partial charge on any atom is 0.319 e. The van der Waals surface area contributed by atoms with Gasteiger partial charge in [0.1, 0.15) is 29.8 Å². The molecule has 2 atom stereocenters. The first-order chi connectivity index (χ1) is 21.3. The number of rotatable bonds is 7. The number of carbonyl (C=O) groups is 1. The monoisotopic (exact) mass is 605 g/mol. The molecule has 3 aromatic rings. The molecule has 6 rings (SSSR count). The zero-order valence-electron chi connectivity index (χ0n) is 24.7. The first-order valence-corrected chi connectivity index (χ1v) is 15.0. The molecule has 12 heteroatoms. The summed E-state index contributed by atoms with van der Waals surface area (Å²) in [6.45, 7) is 12.0. The number of nitrogens with zero attached hydrogens (tertiary/aromatic N) is 7.